The number of fused-ring (bicyclic) bond motifs is 1. The standard InChI is InChI=1S/C34H42N6O4/c1-24(2)44-21-19-39(29-8-9-31-28(22-29)13-17-40(31)34(43)35-3)30-10-14-36-32(23-30)37-33(42)27-6-4-25(5-7-27)26-11-15-38(16-12-26)18-20-41/h4-10,13-14,17,22-24,26,41H,11-12,15-16,18-21H2,1-3H3,(H,35,43)(H,36,37,42). The van der Waals surface area contributed by atoms with Gasteiger partial charge in [0.15, 0.2) is 0 Å². The van der Waals surface area contributed by atoms with Gasteiger partial charge in [0, 0.05) is 60.9 Å². The fourth-order valence-electron chi connectivity index (χ4n) is 5.76. The Morgan fingerprint density at radius 2 is 1.80 bits per heavy atom. The molecule has 1 saturated heterocycles. The van der Waals surface area contributed by atoms with Crippen LogP contribution in [0.25, 0.3) is 10.9 Å². The van der Waals surface area contributed by atoms with Gasteiger partial charge in [-0.05, 0) is 93.7 Å². The zero-order valence-electron chi connectivity index (χ0n) is 25.7. The number of hydrogen-bond donors (Lipinski definition) is 3. The molecule has 0 atom stereocenters. The maximum Gasteiger partial charge on any atom is 0.325 e. The smallest absolute Gasteiger partial charge is 0.325 e. The summed E-state index contributed by atoms with van der Waals surface area (Å²) in [6, 6.07) is 19.3. The largest absolute Gasteiger partial charge is 0.395 e. The van der Waals surface area contributed by atoms with E-state index in [1.807, 2.05) is 62.4 Å². The molecule has 2 aromatic heterocycles. The molecule has 3 N–H and O–H groups in total. The van der Waals surface area contributed by atoms with Gasteiger partial charge >= 0.3 is 6.03 Å². The molecule has 2 amide bonds. The zero-order chi connectivity index (χ0) is 31.1. The number of amides is 2. The highest BCUT2D eigenvalue weighted by molar-refractivity contribution is 6.04. The van der Waals surface area contributed by atoms with Gasteiger partial charge in [-0.15, -0.1) is 0 Å². The van der Waals surface area contributed by atoms with E-state index in [-0.39, 0.29) is 24.6 Å². The SMILES string of the molecule is CNC(=O)n1ccc2cc(N(CCOC(C)C)c3ccnc(NC(=O)c4ccc(C5CCN(CCO)CC5)cc4)c3)ccc21. The highest BCUT2D eigenvalue weighted by atomic mass is 16.5. The van der Waals surface area contributed by atoms with Gasteiger partial charge in [-0.1, -0.05) is 12.1 Å². The molecule has 0 spiro atoms. The van der Waals surface area contributed by atoms with Crippen LogP contribution in [-0.4, -0.2) is 84.0 Å². The van der Waals surface area contributed by atoms with E-state index in [1.54, 1.807) is 24.0 Å². The van der Waals surface area contributed by atoms with Crippen LogP contribution in [0.3, 0.4) is 0 Å². The summed E-state index contributed by atoms with van der Waals surface area (Å²) in [5.41, 5.74) is 4.42. The maximum atomic E-state index is 13.2. The molecule has 0 unspecified atom stereocenters. The maximum absolute atomic E-state index is 13.2. The normalized spacial score (nSPS) is 14.2. The molecule has 0 bridgehead atoms. The molecule has 44 heavy (non-hydrogen) atoms. The number of aromatic nitrogens is 2. The molecule has 232 valence electrons. The number of carbonyl (C=O) groups excluding carboxylic acids is 2. The molecule has 0 radical (unpaired) electrons. The van der Waals surface area contributed by atoms with Crippen molar-refractivity contribution in [2.24, 2.45) is 0 Å². The minimum atomic E-state index is -0.217. The first-order valence-electron chi connectivity index (χ1n) is 15.3. The van der Waals surface area contributed by atoms with Crippen LogP contribution >= 0.6 is 0 Å². The van der Waals surface area contributed by atoms with E-state index in [9.17, 15) is 14.7 Å². The number of aliphatic hydroxyl groups is 1. The third-order valence-electron chi connectivity index (χ3n) is 8.13. The predicted octanol–water partition coefficient (Wildman–Crippen LogP) is 5.21. The first-order chi connectivity index (χ1) is 21.4. The van der Waals surface area contributed by atoms with Crippen LogP contribution < -0.4 is 15.5 Å². The fourth-order valence-corrected chi connectivity index (χ4v) is 5.76. The predicted molar refractivity (Wildman–Crippen MR) is 174 cm³/mol. The number of piperidine rings is 1. The number of carbonyl (C=O) groups is 2. The Bertz CT molecular complexity index is 1560. The van der Waals surface area contributed by atoms with Crippen LogP contribution in [0.4, 0.5) is 22.0 Å². The third kappa shape index (κ3) is 7.45. The van der Waals surface area contributed by atoms with E-state index in [0.717, 1.165) is 54.8 Å². The highest BCUT2D eigenvalue weighted by Gasteiger charge is 2.21. The van der Waals surface area contributed by atoms with E-state index in [2.05, 4.69) is 37.6 Å². The summed E-state index contributed by atoms with van der Waals surface area (Å²) >= 11 is 0. The molecule has 4 aromatic rings. The number of nitrogens with zero attached hydrogens (tertiary/aromatic N) is 4. The quantitative estimate of drug-likeness (QED) is 0.217. The summed E-state index contributed by atoms with van der Waals surface area (Å²) < 4.78 is 7.46. The van der Waals surface area contributed by atoms with Gasteiger partial charge in [0.1, 0.15) is 5.82 Å². The van der Waals surface area contributed by atoms with Crippen molar-refractivity contribution >= 4 is 40.0 Å². The van der Waals surface area contributed by atoms with E-state index < -0.39 is 0 Å². The van der Waals surface area contributed by atoms with Crippen LogP contribution in [0.15, 0.2) is 73.1 Å². The number of hydrogen-bond acceptors (Lipinski definition) is 7. The van der Waals surface area contributed by atoms with Crippen molar-refractivity contribution < 1.29 is 19.4 Å². The molecule has 1 fully saturated rings. The summed E-state index contributed by atoms with van der Waals surface area (Å²) in [6.07, 6.45) is 5.64. The second kappa shape index (κ2) is 14.5. The van der Waals surface area contributed by atoms with Gasteiger partial charge in [-0.2, -0.15) is 0 Å². The van der Waals surface area contributed by atoms with Gasteiger partial charge < -0.3 is 30.3 Å². The van der Waals surface area contributed by atoms with E-state index in [0.29, 0.717) is 30.5 Å². The van der Waals surface area contributed by atoms with Gasteiger partial charge in [-0.25, -0.2) is 9.78 Å². The van der Waals surface area contributed by atoms with Gasteiger partial charge in [0.05, 0.1) is 24.8 Å². The van der Waals surface area contributed by atoms with Gasteiger partial charge in [0.25, 0.3) is 5.91 Å². The Morgan fingerprint density at radius 3 is 2.50 bits per heavy atom. The average Bonchev–Trinajstić information content (AvgIpc) is 3.47. The number of pyridine rings is 1. The van der Waals surface area contributed by atoms with Gasteiger partial charge in [0.2, 0.25) is 0 Å². The van der Waals surface area contributed by atoms with Crippen LogP contribution in [0.5, 0.6) is 0 Å². The number of anilines is 3. The zero-order valence-corrected chi connectivity index (χ0v) is 25.7. The third-order valence-corrected chi connectivity index (χ3v) is 8.13. The van der Waals surface area contributed by atoms with Crippen LogP contribution in [0.1, 0.15) is 48.5 Å². The van der Waals surface area contributed by atoms with Crippen molar-refractivity contribution in [1.29, 1.82) is 0 Å². The number of benzene rings is 2. The van der Waals surface area contributed by atoms with Crippen LogP contribution in [-0.2, 0) is 4.74 Å². The van der Waals surface area contributed by atoms with Crippen molar-refractivity contribution in [2.75, 3.05) is 56.7 Å². The number of likely N-dealkylation sites (tertiary alicyclic amines) is 1. The summed E-state index contributed by atoms with van der Waals surface area (Å²) in [4.78, 5) is 34.3. The Balaban J connectivity index is 1.31. The number of β-amino-alcohol motifs (C(OH)–C–C–N with tert-alkyl or cyclic N) is 1. The van der Waals surface area contributed by atoms with Crippen molar-refractivity contribution in [2.45, 2.75) is 38.7 Å². The number of aliphatic hydroxyl groups excluding tert-OH is 1. The summed E-state index contributed by atoms with van der Waals surface area (Å²) in [6.45, 7) is 7.98. The molecule has 2 aromatic carbocycles. The molecule has 5 rings (SSSR count). The summed E-state index contributed by atoms with van der Waals surface area (Å²) in [5, 5.41) is 15.8. The van der Waals surface area contributed by atoms with E-state index in [4.69, 9.17) is 4.74 Å². The molecule has 3 heterocycles. The van der Waals surface area contributed by atoms with Crippen LogP contribution in [0, 0.1) is 0 Å². The lowest BCUT2D eigenvalue weighted by atomic mass is 9.89. The van der Waals surface area contributed by atoms with E-state index >= 15 is 0 Å². The van der Waals surface area contributed by atoms with Crippen molar-refractivity contribution in [3.05, 3.63) is 84.2 Å². The lowest BCUT2D eigenvalue weighted by Gasteiger charge is -2.31. The molecule has 0 aliphatic carbocycles. The minimum Gasteiger partial charge on any atom is -0.395 e. The topological polar surface area (TPSA) is 112 Å². The first kappa shape index (κ1) is 31.2. The van der Waals surface area contributed by atoms with Gasteiger partial charge in [-0.3, -0.25) is 9.36 Å². The molecule has 10 nitrogen and oxygen atoms in total. The molecular weight excluding hydrogens is 556 g/mol. The van der Waals surface area contributed by atoms with E-state index in [1.165, 1.54) is 5.56 Å². The second-order valence-electron chi connectivity index (χ2n) is 11.4. The minimum absolute atomic E-state index is 0.0960. The Labute approximate surface area is 258 Å². The van der Waals surface area contributed by atoms with Crippen LogP contribution in [0.2, 0.25) is 0 Å². The molecule has 1 aliphatic heterocycles. The van der Waals surface area contributed by atoms with Crippen molar-refractivity contribution in [1.82, 2.24) is 19.8 Å². The Morgan fingerprint density at radius 1 is 1.05 bits per heavy atom. The second-order valence-corrected chi connectivity index (χ2v) is 11.4. The first-order valence-corrected chi connectivity index (χ1v) is 15.3. The van der Waals surface area contributed by atoms with Crippen molar-refractivity contribution in [3.8, 4) is 0 Å². The Kier molecular flexibility index (Phi) is 10.3. The fraction of sp³-hybridized carbons (Fsp3) is 0.382. The summed E-state index contributed by atoms with van der Waals surface area (Å²) in [7, 11) is 1.61. The number of ether oxygens (including phenoxy) is 1. The molecule has 10 heteroatoms. The monoisotopic (exact) mass is 598 g/mol. The summed E-state index contributed by atoms with van der Waals surface area (Å²) in [5.74, 6) is 0.702. The lowest BCUT2D eigenvalue weighted by Crippen LogP contribution is -2.34. The Hall–Kier alpha value is -4.25. The molecule has 1 aliphatic rings. The number of rotatable bonds is 11. The highest BCUT2D eigenvalue weighted by Crippen LogP contribution is 2.31. The lowest BCUT2D eigenvalue weighted by molar-refractivity contribution is 0.0851. The molecular formula is C34H42N6O4. The molecule has 0 saturated carbocycles. The number of nitrogens with one attached hydrogen (secondary N) is 2. The van der Waals surface area contributed by atoms with Crippen molar-refractivity contribution in [3.63, 3.8) is 0 Å². The average molecular weight is 599 g/mol.